The van der Waals surface area contributed by atoms with E-state index in [0.29, 0.717) is 11.1 Å². The van der Waals surface area contributed by atoms with Gasteiger partial charge in [0.2, 0.25) is 0 Å². The van der Waals surface area contributed by atoms with E-state index in [1.54, 1.807) is 24.3 Å². The fourth-order valence-corrected chi connectivity index (χ4v) is 7.10. The normalized spacial score (nSPS) is 19.0. The van der Waals surface area contributed by atoms with Crippen molar-refractivity contribution in [2.45, 2.75) is 24.0 Å². The lowest BCUT2D eigenvalue weighted by Gasteiger charge is -2.49. The van der Waals surface area contributed by atoms with Crippen LogP contribution < -0.4 is 0 Å². The number of ether oxygens (including phenoxy) is 2. The number of rotatable bonds is 6. The van der Waals surface area contributed by atoms with Crippen molar-refractivity contribution in [2.24, 2.45) is 0 Å². The predicted molar refractivity (Wildman–Crippen MR) is 179 cm³/mol. The molecule has 4 heteroatoms. The third-order valence-corrected chi connectivity index (χ3v) is 9.21. The van der Waals surface area contributed by atoms with E-state index in [4.69, 9.17) is 9.47 Å². The molecule has 0 N–H and O–H groups in total. The molecule has 0 aromatic heterocycles. The maximum Gasteiger partial charge on any atom is 0.338 e. The standard InChI is InChI=1S/C42H30O4/c43-41(29-17-9-3-10-18-29)45-39-37-33-23-21-31(27-13-5-1-6-14-27)25-35(33)38(40(39)46-42(44)30-19-11-4-12-20-30)36-26-32(22-24-34(36)37)28-15-7-2-8-16-28/h1-26,37-40H/t37-,38-,39?,40?. The van der Waals surface area contributed by atoms with Crippen LogP contribution in [0.15, 0.2) is 158 Å². The number of hydrogen-bond donors (Lipinski definition) is 0. The Morgan fingerprint density at radius 2 is 0.717 bits per heavy atom. The Hall–Kier alpha value is -5.74. The minimum absolute atomic E-state index is 0.328. The van der Waals surface area contributed by atoms with Gasteiger partial charge in [-0.25, -0.2) is 9.59 Å². The van der Waals surface area contributed by atoms with Gasteiger partial charge in [0.05, 0.1) is 23.0 Å². The van der Waals surface area contributed by atoms with Gasteiger partial charge in [0, 0.05) is 0 Å². The molecule has 6 aromatic carbocycles. The molecule has 0 fully saturated rings. The first kappa shape index (κ1) is 27.8. The molecule has 0 saturated carbocycles. The largest absolute Gasteiger partial charge is 0.454 e. The van der Waals surface area contributed by atoms with E-state index >= 15 is 0 Å². The summed E-state index contributed by atoms with van der Waals surface area (Å²) >= 11 is 0. The lowest BCUT2D eigenvalue weighted by molar-refractivity contribution is -0.0557. The topological polar surface area (TPSA) is 52.6 Å². The number of esters is 2. The highest BCUT2D eigenvalue weighted by atomic mass is 16.6. The van der Waals surface area contributed by atoms with Crippen LogP contribution in [0.3, 0.4) is 0 Å². The molecule has 3 aliphatic rings. The van der Waals surface area contributed by atoms with Gasteiger partial charge >= 0.3 is 11.9 Å². The maximum atomic E-state index is 13.7. The van der Waals surface area contributed by atoms with Gasteiger partial charge in [0.1, 0.15) is 0 Å². The van der Waals surface area contributed by atoms with Crippen molar-refractivity contribution >= 4 is 11.9 Å². The first-order valence-corrected chi connectivity index (χ1v) is 15.6. The van der Waals surface area contributed by atoms with Gasteiger partial charge < -0.3 is 9.47 Å². The highest BCUT2D eigenvalue weighted by Crippen LogP contribution is 2.56. The molecule has 0 heterocycles. The van der Waals surface area contributed by atoms with E-state index in [1.807, 2.05) is 72.8 Å². The summed E-state index contributed by atoms with van der Waals surface area (Å²) in [6.07, 6.45) is -1.47. The molecule has 3 aliphatic carbocycles. The van der Waals surface area contributed by atoms with E-state index in [9.17, 15) is 9.59 Å². The lowest BCUT2D eigenvalue weighted by atomic mass is 9.60. The van der Waals surface area contributed by atoms with Crippen LogP contribution >= 0.6 is 0 Å². The van der Waals surface area contributed by atoms with Gasteiger partial charge in [0.25, 0.3) is 0 Å². The van der Waals surface area contributed by atoms with Gasteiger partial charge in [-0.3, -0.25) is 0 Å². The van der Waals surface area contributed by atoms with Crippen molar-refractivity contribution in [3.63, 3.8) is 0 Å². The molecule has 0 amide bonds. The molecule has 0 saturated heterocycles. The summed E-state index contributed by atoms with van der Waals surface area (Å²) in [7, 11) is 0. The van der Waals surface area contributed by atoms with Gasteiger partial charge in [-0.1, -0.05) is 133 Å². The van der Waals surface area contributed by atoms with Gasteiger partial charge in [0.15, 0.2) is 12.2 Å². The van der Waals surface area contributed by atoms with Crippen LogP contribution in [0, 0.1) is 0 Å². The summed E-state index contributed by atoms with van der Waals surface area (Å²) in [5.74, 6) is -1.57. The lowest BCUT2D eigenvalue weighted by Crippen LogP contribution is -2.51. The van der Waals surface area contributed by atoms with Gasteiger partial charge in [-0.05, 0) is 68.8 Å². The Bertz CT molecular complexity index is 1950. The quantitative estimate of drug-likeness (QED) is 0.180. The molecule has 0 aliphatic heterocycles. The molecule has 9 rings (SSSR count). The molecule has 6 aromatic rings. The molecule has 46 heavy (non-hydrogen) atoms. The van der Waals surface area contributed by atoms with Crippen LogP contribution in [0.25, 0.3) is 22.3 Å². The van der Waals surface area contributed by atoms with E-state index in [0.717, 1.165) is 44.5 Å². The molecule has 2 unspecified atom stereocenters. The SMILES string of the molecule is O=C(OC1C(OC(=O)c2ccccc2)[C@H]2c3cc(-c4ccccc4)ccc3[C@H]1c1ccc(-c3ccccc3)cc12)c1ccccc1. The second-order valence-electron chi connectivity index (χ2n) is 11.8. The fraction of sp³-hybridized carbons (Fsp3) is 0.0952. The minimum atomic E-state index is -0.748. The van der Waals surface area contributed by atoms with Crippen LogP contribution in [0.2, 0.25) is 0 Å². The summed E-state index contributed by atoms with van der Waals surface area (Å²) in [5.41, 5.74) is 9.63. The van der Waals surface area contributed by atoms with Crippen LogP contribution in [0.4, 0.5) is 0 Å². The number of hydrogen-bond acceptors (Lipinski definition) is 4. The molecule has 222 valence electrons. The third-order valence-electron chi connectivity index (χ3n) is 9.21. The highest BCUT2D eigenvalue weighted by Gasteiger charge is 2.54. The zero-order valence-corrected chi connectivity index (χ0v) is 25.0. The van der Waals surface area contributed by atoms with E-state index in [2.05, 4.69) is 60.7 Å². The summed E-state index contributed by atoms with van der Waals surface area (Å²) in [6, 6.07) is 51.6. The van der Waals surface area contributed by atoms with Gasteiger partial charge in [-0.15, -0.1) is 0 Å². The Balaban J connectivity index is 1.31. The predicted octanol–water partition coefficient (Wildman–Crippen LogP) is 9.06. The average Bonchev–Trinajstić information content (AvgIpc) is 3.13. The van der Waals surface area contributed by atoms with Crippen molar-refractivity contribution in [1.29, 1.82) is 0 Å². The monoisotopic (exact) mass is 598 g/mol. The number of carbonyl (C=O) groups excluding carboxylic acids is 2. The molecule has 2 atom stereocenters. The van der Waals surface area contributed by atoms with E-state index in [-0.39, 0.29) is 11.8 Å². The van der Waals surface area contributed by atoms with Crippen molar-refractivity contribution in [2.75, 3.05) is 0 Å². The van der Waals surface area contributed by atoms with Crippen LogP contribution in [0.5, 0.6) is 0 Å². The molecular weight excluding hydrogens is 568 g/mol. The Kier molecular flexibility index (Phi) is 7.03. The molecule has 0 radical (unpaired) electrons. The second-order valence-corrected chi connectivity index (χ2v) is 11.8. The summed E-state index contributed by atoms with van der Waals surface area (Å²) in [5, 5.41) is 0. The third kappa shape index (κ3) is 4.89. The molecule has 2 bridgehead atoms. The molecular formula is C42H30O4. The van der Waals surface area contributed by atoms with Crippen molar-refractivity contribution in [3.05, 3.63) is 191 Å². The first-order chi connectivity index (χ1) is 22.7. The minimum Gasteiger partial charge on any atom is -0.454 e. The first-order valence-electron chi connectivity index (χ1n) is 15.6. The van der Waals surface area contributed by atoms with E-state index in [1.165, 1.54) is 0 Å². The summed E-state index contributed by atoms with van der Waals surface area (Å²) in [6.45, 7) is 0. The van der Waals surface area contributed by atoms with E-state index < -0.39 is 24.1 Å². The fourth-order valence-electron chi connectivity index (χ4n) is 7.10. The number of benzene rings is 6. The Morgan fingerprint density at radius 3 is 1.11 bits per heavy atom. The zero-order chi connectivity index (χ0) is 31.0. The smallest absolute Gasteiger partial charge is 0.338 e. The Morgan fingerprint density at radius 1 is 0.370 bits per heavy atom. The maximum absolute atomic E-state index is 13.7. The van der Waals surface area contributed by atoms with Crippen LogP contribution in [0.1, 0.15) is 54.8 Å². The zero-order valence-electron chi connectivity index (χ0n) is 25.0. The second kappa shape index (κ2) is 11.6. The highest BCUT2D eigenvalue weighted by molar-refractivity contribution is 5.91. The summed E-state index contributed by atoms with van der Waals surface area (Å²) in [4.78, 5) is 27.4. The van der Waals surface area contributed by atoms with Crippen molar-refractivity contribution < 1.29 is 19.1 Å². The molecule has 4 nitrogen and oxygen atoms in total. The Labute approximate surface area is 267 Å². The molecule has 0 spiro atoms. The van der Waals surface area contributed by atoms with Crippen LogP contribution in [-0.4, -0.2) is 24.1 Å². The summed E-state index contributed by atoms with van der Waals surface area (Å²) < 4.78 is 12.8. The van der Waals surface area contributed by atoms with Gasteiger partial charge in [-0.2, -0.15) is 0 Å². The van der Waals surface area contributed by atoms with Crippen LogP contribution in [-0.2, 0) is 9.47 Å². The van der Waals surface area contributed by atoms with Crippen molar-refractivity contribution in [3.8, 4) is 22.3 Å². The number of fused-ring (bicyclic) bond motifs is 1. The average molecular weight is 599 g/mol. The van der Waals surface area contributed by atoms with Crippen molar-refractivity contribution in [1.82, 2.24) is 0 Å². The number of carbonyl (C=O) groups is 2.